The molecule has 3 rings (SSSR count). The second-order valence-corrected chi connectivity index (χ2v) is 6.26. The highest BCUT2D eigenvalue weighted by atomic mass is 16.5. The van der Waals surface area contributed by atoms with Crippen molar-refractivity contribution in [3.8, 4) is 0 Å². The van der Waals surface area contributed by atoms with Crippen molar-refractivity contribution in [2.75, 3.05) is 6.61 Å². The number of hydrogen-bond donors (Lipinski definition) is 0. The SMILES string of the molecule is C[C@H](c1ccccc1)n1nccc1C(=O)OCC1CCCCC1=O. The first-order valence-corrected chi connectivity index (χ1v) is 8.45. The fraction of sp³-hybridized carbons (Fsp3) is 0.421. The molecule has 0 amide bonds. The van der Waals surface area contributed by atoms with Gasteiger partial charge in [-0.15, -0.1) is 0 Å². The quantitative estimate of drug-likeness (QED) is 0.790. The highest BCUT2D eigenvalue weighted by Gasteiger charge is 2.25. The van der Waals surface area contributed by atoms with Gasteiger partial charge in [0.1, 0.15) is 18.1 Å². The summed E-state index contributed by atoms with van der Waals surface area (Å²) >= 11 is 0. The Bertz CT molecular complexity index is 708. The van der Waals surface area contributed by atoms with E-state index in [1.807, 2.05) is 37.3 Å². The van der Waals surface area contributed by atoms with E-state index in [9.17, 15) is 9.59 Å². The van der Waals surface area contributed by atoms with Gasteiger partial charge in [-0.2, -0.15) is 5.10 Å². The first-order chi connectivity index (χ1) is 11.7. The molecule has 5 heteroatoms. The van der Waals surface area contributed by atoms with Crippen molar-refractivity contribution in [3.63, 3.8) is 0 Å². The molecular weight excluding hydrogens is 304 g/mol. The normalized spacial score (nSPS) is 19.0. The van der Waals surface area contributed by atoms with Crippen LogP contribution in [0.15, 0.2) is 42.6 Å². The van der Waals surface area contributed by atoms with Crippen LogP contribution in [0.4, 0.5) is 0 Å². The van der Waals surface area contributed by atoms with Crippen LogP contribution in [0.5, 0.6) is 0 Å². The fourth-order valence-corrected chi connectivity index (χ4v) is 3.14. The standard InChI is InChI=1S/C19H22N2O3/c1-14(15-7-3-2-4-8-15)21-17(11-12-20-21)19(23)24-13-16-9-5-6-10-18(16)22/h2-4,7-8,11-12,14,16H,5-6,9-10,13H2,1H3/t14-,16?/m1/s1. The average molecular weight is 326 g/mol. The number of hydrogen-bond acceptors (Lipinski definition) is 4. The number of benzene rings is 1. The first kappa shape index (κ1) is 16.4. The van der Waals surface area contributed by atoms with Crippen LogP contribution in [0, 0.1) is 5.92 Å². The van der Waals surface area contributed by atoms with Crippen LogP contribution in [0.2, 0.25) is 0 Å². The topological polar surface area (TPSA) is 61.2 Å². The van der Waals surface area contributed by atoms with Gasteiger partial charge in [0.2, 0.25) is 0 Å². The number of Topliss-reactive ketones (excluding diaryl/α,β-unsaturated/α-hetero) is 1. The molecule has 2 atom stereocenters. The van der Waals surface area contributed by atoms with E-state index in [-0.39, 0.29) is 24.3 Å². The average Bonchev–Trinajstić information content (AvgIpc) is 3.10. The highest BCUT2D eigenvalue weighted by molar-refractivity contribution is 5.88. The Morgan fingerprint density at radius 1 is 1.29 bits per heavy atom. The second-order valence-electron chi connectivity index (χ2n) is 6.26. The van der Waals surface area contributed by atoms with Crippen molar-refractivity contribution in [1.29, 1.82) is 0 Å². The lowest BCUT2D eigenvalue weighted by Crippen LogP contribution is -2.26. The molecule has 126 valence electrons. The summed E-state index contributed by atoms with van der Waals surface area (Å²) in [4.78, 5) is 24.3. The predicted molar refractivity (Wildman–Crippen MR) is 89.7 cm³/mol. The summed E-state index contributed by atoms with van der Waals surface area (Å²) < 4.78 is 7.07. The van der Waals surface area contributed by atoms with E-state index in [2.05, 4.69) is 5.10 Å². The minimum atomic E-state index is -0.423. The molecule has 1 aliphatic carbocycles. The van der Waals surface area contributed by atoms with Crippen molar-refractivity contribution in [1.82, 2.24) is 9.78 Å². The largest absolute Gasteiger partial charge is 0.460 e. The van der Waals surface area contributed by atoms with Crippen LogP contribution in [-0.4, -0.2) is 28.1 Å². The third-order valence-corrected chi connectivity index (χ3v) is 4.62. The molecule has 0 saturated heterocycles. The van der Waals surface area contributed by atoms with Gasteiger partial charge in [-0.3, -0.25) is 9.48 Å². The van der Waals surface area contributed by atoms with E-state index in [0.29, 0.717) is 12.1 Å². The Morgan fingerprint density at radius 3 is 2.83 bits per heavy atom. The van der Waals surface area contributed by atoms with Crippen LogP contribution in [0.3, 0.4) is 0 Å². The Morgan fingerprint density at radius 2 is 2.08 bits per heavy atom. The Balaban J connectivity index is 1.68. The van der Waals surface area contributed by atoms with Gasteiger partial charge in [0.05, 0.1) is 12.0 Å². The lowest BCUT2D eigenvalue weighted by atomic mass is 9.89. The molecule has 0 radical (unpaired) electrons. The van der Waals surface area contributed by atoms with E-state index in [1.165, 1.54) is 0 Å². The van der Waals surface area contributed by atoms with Crippen molar-refractivity contribution in [3.05, 3.63) is 53.9 Å². The molecular formula is C19H22N2O3. The van der Waals surface area contributed by atoms with E-state index in [1.54, 1.807) is 16.9 Å². The predicted octanol–water partition coefficient (Wildman–Crippen LogP) is 3.41. The van der Waals surface area contributed by atoms with Crippen LogP contribution in [0.25, 0.3) is 0 Å². The van der Waals surface area contributed by atoms with Crippen molar-refractivity contribution >= 4 is 11.8 Å². The van der Waals surface area contributed by atoms with Gasteiger partial charge in [0, 0.05) is 12.6 Å². The number of ether oxygens (including phenoxy) is 1. The van der Waals surface area contributed by atoms with Crippen molar-refractivity contribution in [2.24, 2.45) is 5.92 Å². The molecule has 0 spiro atoms. The maximum atomic E-state index is 12.4. The molecule has 1 aliphatic rings. The van der Waals surface area contributed by atoms with E-state index < -0.39 is 5.97 Å². The monoisotopic (exact) mass is 326 g/mol. The molecule has 0 N–H and O–H groups in total. The van der Waals surface area contributed by atoms with E-state index in [4.69, 9.17) is 4.74 Å². The summed E-state index contributed by atoms with van der Waals surface area (Å²) in [6.45, 7) is 2.16. The Kier molecular flexibility index (Phi) is 5.08. The molecule has 1 aromatic carbocycles. The molecule has 1 unspecified atom stereocenters. The number of esters is 1. The van der Waals surface area contributed by atoms with Gasteiger partial charge in [-0.25, -0.2) is 4.79 Å². The fourth-order valence-electron chi connectivity index (χ4n) is 3.14. The van der Waals surface area contributed by atoms with Crippen LogP contribution >= 0.6 is 0 Å². The zero-order valence-electron chi connectivity index (χ0n) is 13.9. The number of aromatic nitrogens is 2. The maximum Gasteiger partial charge on any atom is 0.356 e. The van der Waals surface area contributed by atoms with Crippen LogP contribution in [0.1, 0.15) is 54.7 Å². The van der Waals surface area contributed by atoms with Gasteiger partial charge in [-0.05, 0) is 31.4 Å². The Labute approximate surface area is 141 Å². The smallest absolute Gasteiger partial charge is 0.356 e. The minimum Gasteiger partial charge on any atom is -0.460 e. The number of carbonyl (C=O) groups is 2. The van der Waals surface area contributed by atoms with Crippen molar-refractivity contribution < 1.29 is 14.3 Å². The molecule has 2 aromatic rings. The third-order valence-electron chi connectivity index (χ3n) is 4.62. The molecule has 0 aliphatic heterocycles. The Hall–Kier alpha value is -2.43. The number of rotatable bonds is 5. The summed E-state index contributed by atoms with van der Waals surface area (Å²) in [5.41, 5.74) is 1.48. The van der Waals surface area contributed by atoms with Gasteiger partial charge in [-0.1, -0.05) is 36.8 Å². The molecule has 0 bridgehead atoms. The molecule has 1 heterocycles. The molecule has 5 nitrogen and oxygen atoms in total. The van der Waals surface area contributed by atoms with Gasteiger partial charge in [0.25, 0.3) is 0 Å². The van der Waals surface area contributed by atoms with Crippen molar-refractivity contribution in [2.45, 2.75) is 38.6 Å². The zero-order valence-corrected chi connectivity index (χ0v) is 13.9. The second kappa shape index (κ2) is 7.43. The zero-order chi connectivity index (χ0) is 16.9. The minimum absolute atomic E-state index is 0.0694. The summed E-state index contributed by atoms with van der Waals surface area (Å²) in [5, 5.41) is 4.27. The van der Waals surface area contributed by atoms with Crippen LogP contribution < -0.4 is 0 Å². The molecule has 1 aromatic heterocycles. The summed E-state index contributed by atoms with van der Waals surface area (Å²) in [6, 6.07) is 11.5. The maximum absolute atomic E-state index is 12.4. The van der Waals surface area contributed by atoms with E-state index in [0.717, 1.165) is 24.8 Å². The summed E-state index contributed by atoms with van der Waals surface area (Å²) in [6.07, 6.45) is 4.99. The van der Waals surface area contributed by atoms with E-state index >= 15 is 0 Å². The molecule has 1 saturated carbocycles. The molecule has 1 fully saturated rings. The highest BCUT2D eigenvalue weighted by Crippen LogP contribution is 2.22. The summed E-state index contributed by atoms with van der Waals surface area (Å²) in [7, 11) is 0. The number of nitrogens with zero attached hydrogens (tertiary/aromatic N) is 2. The van der Waals surface area contributed by atoms with Gasteiger partial charge < -0.3 is 4.74 Å². The van der Waals surface area contributed by atoms with Gasteiger partial charge >= 0.3 is 5.97 Å². The number of ketones is 1. The molecule has 24 heavy (non-hydrogen) atoms. The van der Waals surface area contributed by atoms with Gasteiger partial charge in [0.15, 0.2) is 0 Å². The summed E-state index contributed by atoms with van der Waals surface area (Å²) in [5.74, 6) is -0.362. The lowest BCUT2D eigenvalue weighted by molar-refractivity contribution is -0.125. The van der Waals surface area contributed by atoms with Crippen LogP contribution in [-0.2, 0) is 9.53 Å². The lowest BCUT2D eigenvalue weighted by Gasteiger charge is -2.20. The third kappa shape index (κ3) is 3.55. The number of carbonyl (C=O) groups excluding carboxylic acids is 2. The first-order valence-electron chi connectivity index (χ1n) is 8.45.